The molecule has 1 unspecified atom stereocenters. The van der Waals surface area contributed by atoms with Crippen molar-refractivity contribution in [3.05, 3.63) is 65.0 Å². The van der Waals surface area contributed by atoms with Crippen LogP contribution in [0.1, 0.15) is 27.9 Å². The van der Waals surface area contributed by atoms with Crippen LogP contribution in [-0.2, 0) is 22.6 Å². The molecule has 0 spiro atoms. The van der Waals surface area contributed by atoms with Gasteiger partial charge in [0.25, 0.3) is 0 Å². The van der Waals surface area contributed by atoms with Gasteiger partial charge in [-0.2, -0.15) is 0 Å². The number of benzene rings is 2. The van der Waals surface area contributed by atoms with Gasteiger partial charge in [0.1, 0.15) is 11.7 Å². The summed E-state index contributed by atoms with van der Waals surface area (Å²) in [5.41, 5.74) is 2.41. The van der Waals surface area contributed by atoms with Gasteiger partial charge in [-0.3, -0.25) is 9.59 Å². The van der Waals surface area contributed by atoms with E-state index in [4.69, 9.17) is 0 Å². The zero-order chi connectivity index (χ0) is 19.8. The highest BCUT2D eigenvalue weighted by atomic mass is 19.1. The number of amides is 2. The molecular weight excluding hydrogens is 363 g/mol. The Hall–Kier alpha value is -3.22. The van der Waals surface area contributed by atoms with Crippen LogP contribution in [0.25, 0.3) is 0 Å². The first kappa shape index (κ1) is 18.2. The topological polar surface area (TPSA) is 77.9 Å². The molecule has 1 atom stereocenters. The number of hydrogen-bond acceptors (Lipinski definition) is 3. The normalized spacial score (nSPS) is 18.9. The first-order valence-corrected chi connectivity index (χ1v) is 9.15. The van der Waals surface area contributed by atoms with E-state index in [9.17, 15) is 23.9 Å². The van der Waals surface area contributed by atoms with Gasteiger partial charge in [-0.1, -0.05) is 12.1 Å². The second kappa shape index (κ2) is 7.07. The van der Waals surface area contributed by atoms with E-state index in [0.29, 0.717) is 38.2 Å². The maximum atomic E-state index is 13.1. The zero-order valence-corrected chi connectivity index (χ0v) is 15.1. The third-order valence-electron chi connectivity index (χ3n) is 5.45. The van der Waals surface area contributed by atoms with Crippen molar-refractivity contribution in [2.45, 2.75) is 19.4 Å². The molecule has 0 aliphatic carbocycles. The molecule has 0 radical (unpaired) electrons. The highest BCUT2D eigenvalue weighted by Gasteiger charge is 2.40. The van der Waals surface area contributed by atoms with E-state index in [0.717, 1.165) is 11.1 Å². The largest absolute Gasteiger partial charge is 0.478 e. The van der Waals surface area contributed by atoms with E-state index < -0.39 is 11.9 Å². The average molecular weight is 382 g/mol. The number of halogens is 1. The van der Waals surface area contributed by atoms with Crippen LogP contribution in [0.15, 0.2) is 42.5 Å². The Bertz CT molecular complexity index is 957. The van der Waals surface area contributed by atoms with Gasteiger partial charge in [0.15, 0.2) is 0 Å². The summed E-state index contributed by atoms with van der Waals surface area (Å²) in [5.74, 6) is -2.62. The number of carboxylic acid groups (broad SMARTS) is 1. The lowest BCUT2D eigenvalue weighted by Gasteiger charge is -2.31. The van der Waals surface area contributed by atoms with Crippen molar-refractivity contribution in [1.82, 2.24) is 4.90 Å². The molecule has 2 amide bonds. The monoisotopic (exact) mass is 382 g/mol. The number of hydrogen-bond donors (Lipinski definition) is 1. The van der Waals surface area contributed by atoms with Gasteiger partial charge in [-0.05, 0) is 54.3 Å². The minimum absolute atomic E-state index is 0.235. The molecule has 4 rings (SSSR count). The van der Waals surface area contributed by atoms with Crippen molar-refractivity contribution in [2.24, 2.45) is 5.92 Å². The van der Waals surface area contributed by atoms with Crippen molar-refractivity contribution in [3.8, 4) is 0 Å². The predicted molar refractivity (Wildman–Crippen MR) is 99.4 cm³/mol. The van der Waals surface area contributed by atoms with Crippen LogP contribution in [0.3, 0.4) is 0 Å². The quantitative estimate of drug-likeness (QED) is 0.828. The number of rotatable bonds is 3. The minimum Gasteiger partial charge on any atom is -0.478 e. The molecule has 2 heterocycles. The average Bonchev–Trinajstić information content (AvgIpc) is 3.08. The predicted octanol–water partition coefficient (Wildman–Crippen LogP) is 2.46. The van der Waals surface area contributed by atoms with Crippen LogP contribution in [0.4, 0.5) is 10.1 Å². The summed E-state index contributed by atoms with van der Waals surface area (Å²) in [4.78, 5) is 40.3. The van der Waals surface area contributed by atoms with Crippen LogP contribution < -0.4 is 4.90 Å². The Morgan fingerprint density at radius 2 is 1.82 bits per heavy atom. The molecule has 2 aliphatic heterocycles. The summed E-state index contributed by atoms with van der Waals surface area (Å²) in [6.45, 7) is 1.10. The lowest BCUT2D eigenvalue weighted by molar-refractivity contribution is -0.140. The van der Waals surface area contributed by atoms with E-state index in [2.05, 4.69) is 0 Å². The van der Waals surface area contributed by atoms with E-state index in [1.165, 1.54) is 29.2 Å². The first-order chi connectivity index (χ1) is 13.5. The molecule has 2 aliphatic rings. The van der Waals surface area contributed by atoms with Gasteiger partial charge in [-0.15, -0.1) is 0 Å². The highest BCUT2D eigenvalue weighted by molar-refractivity contribution is 6.09. The fourth-order valence-corrected chi connectivity index (χ4v) is 4.00. The second-order valence-electron chi connectivity index (χ2n) is 7.07. The zero-order valence-electron chi connectivity index (χ0n) is 15.1. The Labute approximate surface area is 161 Å². The molecule has 1 saturated heterocycles. The number of carbonyl (C=O) groups is 3. The molecule has 0 bridgehead atoms. The Kier molecular flexibility index (Phi) is 4.58. The third kappa shape index (κ3) is 3.13. The van der Waals surface area contributed by atoms with E-state index in [1.54, 1.807) is 17.0 Å². The SMILES string of the molecule is O=C(O)c1cccc2c1CCN(C(=O)C1CCN(c3ccc(F)cc3)C1=O)C2. The second-order valence-corrected chi connectivity index (χ2v) is 7.07. The molecule has 0 saturated carbocycles. The number of aromatic carboxylic acids is 1. The number of carboxylic acids is 1. The van der Waals surface area contributed by atoms with Crippen molar-refractivity contribution in [2.75, 3.05) is 18.0 Å². The standard InChI is InChI=1S/C21H19FN2O4/c22-14-4-6-15(7-5-14)24-11-9-18(20(24)26)19(25)23-10-8-16-13(12-23)2-1-3-17(16)21(27)28/h1-7,18H,8-12H2,(H,27,28). The van der Waals surface area contributed by atoms with Gasteiger partial charge in [-0.25, -0.2) is 9.18 Å². The van der Waals surface area contributed by atoms with Gasteiger partial charge in [0.2, 0.25) is 11.8 Å². The molecule has 6 nitrogen and oxygen atoms in total. The van der Waals surface area contributed by atoms with Gasteiger partial charge in [0, 0.05) is 25.3 Å². The summed E-state index contributed by atoms with van der Waals surface area (Å²) in [6, 6.07) is 10.7. The number of fused-ring (bicyclic) bond motifs is 1. The maximum absolute atomic E-state index is 13.1. The smallest absolute Gasteiger partial charge is 0.335 e. The maximum Gasteiger partial charge on any atom is 0.335 e. The molecule has 0 aromatic heterocycles. The van der Waals surface area contributed by atoms with Crippen LogP contribution in [0.5, 0.6) is 0 Å². The van der Waals surface area contributed by atoms with Crippen molar-refractivity contribution in [3.63, 3.8) is 0 Å². The van der Waals surface area contributed by atoms with E-state index >= 15 is 0 Å². The summed E-state index contributed by atoms with van der Waals surface area (Å²) < 4.78 is 13.1. The molecular formula is C21H19FN2O4. The van der Waals surface area contributed by atoms with Crippen molar-refractivity contribution < 1.29 is 23.9 Å². The molecule has 28 heavy (non-hydrogen) atoms. The van der Waals surface area contributed by atoms with Crippen molar-refractivity contribution in [1.29, 1.82) is 0 Å². The number of anilines is 1. The summed E-state index contributed by atoms with van der Waals surface area (Å²) in [7, 11) is 0. The molecule has 1 N–H and O–H groups in total. The van der Waals surface area contributed by atoms with Crippen molar-refractivity contribution >= 4 is 23.5 Å². The molecule has 144 valence electrons. The van der Waals surface area contributed by atoms with Gasteiger partial charge >= 0.3 is 5.97 Å². The molecule has 1 fully saturated rings. The van der Waals surface area contributed by atoms with Crippen LogP contribution in [0, 0.1) is 11.7 Å². The summed E-state index contributed by atoms with van der Waals surface area (Å²) >= 11 is 0. The molecule has 2 aromatic rings. The fourth-order valence-electron chi connectivity index (χ4n) is 4.00. The third-order valence-corrected chi connectivity index (χ3v) is 5.45. The molecule has 7 heteroatoms. The lowest BCUT2D eigenvalue weighted by Crippen LogP contribution is -2.42. The van der Waals surface area contributed by atoms with Gasteiger partial charge in [0.05, 0.1) is 5.56 Å². The van der Waals surface area contributed by atoms with Gasteiger partial charge < -0.3 is 14.9 Å². The number of nitrogens with zero attached hydrogens (tertiary/aromatic N) is 2. The fraction of sp³-hybridized carbons (Fsp3) is 0.286. The Morgan fingerprint density at radius 3 is 2.54 bits per heavy atom. The Morgan fingerprint density at radius 1 is 1.07 bits per heavy atom. The van der Waals surface area contributed by atoms with E-state index in [-0.39, 0.29) is 23.2 Å². The highest BCUT2D eigenvalue weighted by Crippen LogP contribution is 2.29. The lowest BCUT2D eigenvalue weighted by atomic mass is 9.93. The van der Waals surface area contributed by atoms with E-state index in [1.807, 2.05) is 6.07 Å². The Balaban J connectivity index is 1.50. The summed E-state index contributed by atoms with van der Waals surface area (Å²) in [5, 5.41) is 9.32. The first-order valence-electron chi connectivity index (χ1n) is 9.15. The number of carbonyl (C=O) groups excluding carboxylic acids is 2. The minimum atomic E-state index is -0.975. The van der Waals surface area contributed by atoms with Crippen LogP contribution in [-0.4, -0.2) is 40.9 Å². The molecule has 2 aromatic carbocycles. The van der Waals surface area contributed by atoms with Crippen LogP contribution in [0.2, 0.25) is 0 Å². The van der Waals surface area contributed by atoms with Crippen LogP contribution >= 0.6 is 0 Å². The summed E-state index contributed by atoms with van der Waals surface area (Å²) in [6.07, 6.45) is 0.861.